The van der Waals surface area contributed by atoms with E-state index in [1.54, 1.807) is 4.90 Å². The summed E-state index contributed by atoms with van der Waals surface area (Å²) in [6.07, 6.45) is 1.40. The summed E-state index contributed by atoms with van der Waals surface area (Å²) in [6.45, 7) is 1.73. The third kappa shape index (κ3) is 5.16. The Labute approximate surface area is 78.1 Å². The van der Waals surface area contributed by atoms with Crippen molar-refractivity contribution in [3.8, 4) is 0 Å². The molecule has 0 aromatic heterocycles. The molecular weight excluding hydrogens is 174 g/mol. The molecule has 78 valence electrons. The van der Waals surface area contributed by atoms with E-state index in [1.165, 1.54) is 12.8 Å². The maximum Gasteiger partial charge on any atom is 0.251 e. The molecule has 0 aliphatic heterocycles. The third-order valence-electron chi connectivity index (χ3n) is 2.39. The van der Waals surface area contributed by atoms with Gasteiger partial charge < -0.3 is 5.73 Å². The average Bonchev–Trinajstić information content (AvgIpc) is 2.82. The fourth-order valence-corrected chi connectivity index (χ4v) is 1.44. The van der Waals surface area contributed by atoms with Crippen molar-refractivity contribution in [1.82, 2.24) is 4.90 Å². The molecule has 2 nitrogen and oxygen atoms in total. The topological polar surface area (TPSA) is 29.3 Å². The molecule has 1 fully saturated rings. The highest BCUT2D eigenvalue weighted by molar-refractivity contribution is 4.75. The van der Waals surface area contributed by atoms with Crippen LogP contribution in [0.25, 0.3) is 0 Å². The van der Waals surface area contributed by atoms with E-state index in [0.717, 1.165) is 18.9 Å². The molecule has 2 N–H and O–H groups in total. The highest BCUT2D eigenvalue weighted by Gasteiger charge is 2.22. The molecule has 4 heteroatoms. The first-order valence-electron chi connectivity index (χ1n) is 4.93. The van der Waals surface area contributed by atoms with Gasteiger partial charge in [0.2, 0.25) is 0 Å². The Balaban J connectivity index is 2.11. The Morgan fingerprint density at radius 2 is 2.00 bits per heavy atom. The summed E-state index contributed by atoms with van der Waals surface area (Å²) in [6, 6.07) is 0. The molecule has 0 atom stereocenters. The van der Waals surface area contributed by atoms with Gasteiger partial charge in [0.05, 0.1) is 6.54 Å². The van der Waals surface area contributed by atoms with Crippen LogP contribution in [-0.4, -0.2) is 37.5 Å². The van der Waals surface area contributed by atoms with Gasteiger partial charge in [-0.1, -0.05) is 12.8 Å². The van der Waals surface area contributed by atoms with Gasteiger partial charge in [-0.15, -0.1) is 0 Å². The highest BCUT2D eigenvalue weighted by Crippen LogP contribution is 2.32. The molecule has 1 aliphatic carbocycles. The molecule has 0 aromatic carbocycles. The van der Waals surface area contributed by atoms with Crippen LogP contribution in [0.2, 0.25) is 0 Å². The van der Waals surface area contributed by atoms with E-state index in [-0.39, 0.29) is 6.54 Å². The second-order valence-corrected chi connectivity index (χ2v) is 3.71. The van der Waals surface area contributed by atoms with Crippen LogP contribution in [0.3, 0.4) is 0 Å². The Morgan fingerprint density at radius 1 is 1.31 bits per heavy atom. The standard InChI is InChI=1S/C9H18F2N2/c10-9(11)7-13(6-4-12)5-3-8-1-2-8/h8-9H,1-7,12H2. The van der Waals surface area contributed by atoms with Gasteiger partial charge in [0.25, 0.3) is 6.43 Å². The molecule has 0 spiro atoms. The predicted octanol–water partition coefficient (Wildman–Crippen LogP) is 1.31. The first-order valence-corrected chi connectivity index (χ1v) is 4.93. The summed E-state index contributed by atoms with van der Waals surface area (Å²) in [4.78, 5) is 1.77. The minimum absolute atomic E-state index is 0.121. The Hall–Kier alpha value is -0.220. The summed E-state index contributed by atoms with van der Waals surface area (Å²) in [5.41, 5.74) is 5.34. The fraction of sp³-hybridized carbons (Fsp3) is 1.00. The summed E-state index contributed by atoms with van der Waals surface area (Å²) in [5, 5.41) is 0. The van der Waals surface area contributed by atoms with E-state index in [0.29, 0.717) is 13.1 Å². The second kappa shape index (κ2) is 5.50. The van der Waals surface area contributed by atoms with Gasteiger partial charge in [-0.05, 0) is 18.9 Å². The Morgan fingerprint density at radius 3 is 2.46 bits per heavy atom. The highest BCUT2D eigenvalue weighted by atomic mass is 19.3. The number of hydrogen-bond donors (Lipinski definition) is 1. The number of rotatable bonds is 7. The number of nitrogens with two attached hydrogens (primary N) is 1. The van der Waals surface area contributed by atoms with E-state index in [2.05, 4.69) is 0 Å². The van der Waals surface area contributed by atoms with E-state index in [9.17, 15) is 8.78 Å². The molecule has 0 bridgehead atoms. The molecule has 0 radical (unpaired) electrons. The largest absolute Gasteiger partial charge is 0.329 e. The zero-order chi connectivity index (χ0) is 9.68. The lowest BCUT2D eigenvalue weighted by Gasteiger charge is -2.20. The minimum atomic E-state index is -2.23. The van der Waals surface area contributed by atoms with Crippen LogP contribution in [-0.2, 0) is 0 Å². The second-order valence-electron chi connectivity index (χ2n) is 3.71. The van der Waals surface area contributed by atoms with Gasteiger partial charge in [0.1, 0.15) is 0 Å². The van der Waals surface area contributed by atoms with Crippen LogP contribution >= 0.6 is 0 Å². The lowest BCUT2D eigenvalue weighted by Crippen LogP contribution is -2.34. The smallest absolute Gasteiger partial charge is 0.251 e. The van der Waals surface area contributed by atoms with E-state index < -0.39 is 6.43 Å². The van der Waals surface area contributed by atoms with Gasteiger partial charge in [0.15, 0.2) is 0 Å². The van der Waals surface area contributed by atoms with Crippen LogP contribution in [0, 0.1) is 5.92 Å². The van der Waals surface area contributed by atoms with Crippen molar-refractivity contribution in [3.05, 3.63) is 0 Å². The zero-order valence-electron chi connectivity index (χ0n) is 7.88. The van der Waals surface area contributed by atoms with Crippen molar-refractivity contribution in [3.63, 3.8) is 0 Å². The van der Waals surface area contributed by atoms with E-state index in [4.69, 9.17) is 5.73 Å². The minimum Gasteiger partial charge on any atom is -0.329 e. The first kappa shape index (κ1) is 10.9. The normalized spacial score (nSPS) is 17.3. The van der Waals surface area contributed by atoms with E-state index in [1.807, 2.05) is 0 Å². The molecule has 0 saturated heterocycles. The van der Waals surface area contributed by atoms with Gasteiger partial charge in [0, 0.05) is 13.1 Å². The molecule has 13 heavy (non-hydrogen) atoms. The summed E-state index contributed by atoms with van der Waals surface area (Å²) >= 11 is 0. The lowest BCUT2D eigenvalue weighted by molar-refractivity contribution is 0.0883. The number of hydrogen-bond acceptors (Lipinski definition) is 2. The van der Waals surface area contributed by atoms with Crippen molar-refractivity contribution >= 4 is 0 Å². The van der Waals surface area contributed by atoms with Crippen molar-refractivity contribution in [2.75, 3.05) is 26.2 Å². The number of nitrogens with zero attached hydrogens (tertiary/aromatic N) is 1. The van der Waals surface area contributed by atoms with Crippen molar-refractivity contribution < 1.29 is 8.78 Å². The van der Waals surface area contributed by atoms with Crippen molar-refractivity contribution in [2.45, 2.75) is 25.7 Å². The molecule has 0 amide bonds. The average molecular weight is 192 g/mol. The maximum absolute atomic E-state index is 12.1. The molecule has 0 heterocycles. The Kier molecular flexibility index (Phi) is 4.59. The zero-order valence-corrected chi connectivity index (χ0v) is 7.88. The maximum atomic E-state index is 12.1. The van der Waals surface area contributed by atoms with Crippen LogP contribution in [0.1, 0.15) is 19.3 Å². The van der Waals surface area contributed by atoms with Crippen molar-refractivity contribution in [2.24, 2.45) is 11.7 Å². The molecule has 0 unspecified atom stereocenters. The summed E-state index contributed by atoms with van der Waals surface area (Å²) in [7, 11) is 0. The first-order chi connectivity index (χ1) is 6.22. The van der Waals surface area contributed by atoms with Crippen LogP contribution in [0.5, 0.6) is 0 Å². The third-order valence-corrected chi connectivity index (χ3v) is 2.39. The van der Waals surface area contributed by atoms with E-state index >= 15 is 0 Å². The van der Waals surface area contributed by atoms with Gasteiger partial charge in [-0.2, -0.15) is 0 Å². The SMILES string of the molecule is NCCN(CCC1CC1)CC(F)F. The lowest BCUT2D eigenvalue weighted by atomic mass is 10.2. The predicted molar refractivity (Wildman–Crippen MR) is 48.8 cm³/mol. The van der Waals surface area contributed by atoms with Crippen LogP contribution in [0.4, 0.5) is 8.78 Å². The number of halogens is 2. The van der Waals surface area contributed by atoms with Crippen LogP contribution in [0.15, 0.2) is 0 Å². The molecule has 1 rings (SSSR count). The summed E-state index contributed by atoms with van der Waals surface area (Å²) < 4.78 is 24.1. The van der Waals surface area contributed by atoms with Gasteiger partial charge in [-0.3, -0.25) is 4.90 Å². The van der Waals surface area contributed by atoms with Crippen molar-refractivity contribution in [1.29, 1.82) is 0 Å². The molecule has 1 saturated carbocycles. The molecule has 1 aliphatic rings. The quantitative estimate of drug-likeness (QED) is 0.659. The summed E-state index contributed by atoms with van der Waals surface area (Å²) in [5.74, 6) is 0.804. The monoisotopic (exact) mass is 192 g/mol. The molecule has 0 aromatic rings. The Bertz CT molecular complexity index is 138. The van der Waals surface area contributed by atoms with Gasteiger partial charge in [-0.25, -0.2) is 8.78 Å². The van der Waals surface area contributed by atoms with Crippen LogP contribution < -0.4 is 5.73 Å². The fourth-order valence-electron chi connectivity index (χ4n) is 1.44. The molecular formula is C9H18F2N2. The number of alkyl halides is 2. The van der Waals surface area contributed by atoms with Gasteiger partial charge >= 0.3 is 0 Å².